The van der Waals surface area contributed by atoms with Crippen molar-refractivity contribution in [2.24, 2.45) is 0 Å². The zero-order valence-electron chi connectivity index (χ0n) is 13.7. The predicted octanol–water partition coefficient (Wildman–Crippen LogP) is 1.73. The van der Waals surface area contributed by atoms with Crippen molar-refractivity contribution in [2.45, 2.75) is 19.8 Å². The summed E-state index contributed by atoms with van der Waals surface area (Å²) in [6.07, 6.45) is 4.97. The number of rotatable bonds is 6. The van der Waals surface area contributed by atoms with Crippen molar-refractivity contribution in [1.82, 2.24) is 10.6 Å². The fourth-order valence-electron chi connectivity index (χ4n) is 2.28. The molecule has 0 spiro atoms. The molecule has 6 heteroatoms. The quantitative estimate of drug-likeness (QED) is 0.779. The molecule has 1 aromatic carbocycles. The molecule has 0 saturated heterocycles. The Hall–Kier alpha value is -2.89. The lowest BCUT2D eigenvalue weighted by atomic mass is 10.0. The second-order valence-electron chi connectivity index (χ2n) is 5.33. The van der Waals surface area contributed by atoms with E-state index in [9.17, 15) is 14.4 Å². The van der Waals surface area contributed by atoms with E-state index in [1.54, 1.807) is 37.4 Å². The van der Waals surface area contributed by atoms with Gasteiger partial charge in [-0.3, -0.25) is 14.4 Å². The smallest absolute Gasteiger partial charge is 0.262 e. The highest BCUT2D eigenvalue weighted by molar-refractivity contribution is 5.98. The van der Waals surface area contributed by atoms with Crippen LogP contribution < -0.4 is 15.4 Å². The molecule has 0 aromatic heterocycles. The highest BCUT2D eigenvalue weighted by Gasteiger charge is 2.16. The van der Waals surface area contributed by atoms with Crippen LogP contribution in [0.2, 0.25) is 0 Å². The fourth-order valence-corrected chi connectivity index (χ4v) is 2.28. The third-order valence-corrected chi connectivity index (χ3v) is 3.56. The van der Waals surface area contributed by atoms with Gasteiger partial charge in [0.2, 0.25) is 0 Å². The lowest BCUT2D eigenvalue weighted by Crippen LogP contribution is -2.32. The number of likely N-dealkylation sites (N-methyl/N-ethyl adjacent to an activating group) is 1. The first-order valence-corrected chi connectivity index (χ1v) is 7.66. The Labute approximate surface area is 140 Å². The van der Waals surface area contributed by atoms with Gasteiger partial charge in [0.1, 0.15) is 5.75 Å². The first kappa shape index (κ1) is 17.5. The summed E-state index contributed by atoms with van der Waals surface area (Å²) in [5.41, 5.74) is 1.64. The van der Waals surface area contributed by atoms with Crippen molar-refractivity contribution >= 4 is 17.6 Å². The highest BCUT2D eigenvalue weighted by Crippen LogP contribution is 2.17. The fraction of sp³-hybridized carbons (Fsp3) is 0.278. The molecule has 0 radical (unpaired) electrons. The molecule has 0 bridgehead atoms. The van der Waals surface area contributed by atoms with E-state index in [1.165, 1.54) is 6.92 Å². The molecule has 2 rings (SSSR count). The summed E-state index contributed by atoms with van der Waals surface area (Å²) in [6, 6.07) is 6.58. The molecule has 0 fully saturated rings. The lowest BCUT2D eigenvalue weighted by Gasteiger charge is -2.16. The topological polar surface area (TPSA) is 84.5 Å². The summed E-state index contributed by atoms with van der Waals surface area (Å²) < 4.78 is 5.40. The van der Waals surface area contributed by atoms with Crippen LogP contribution in [0.4, 0.5) is 0 Å². The minimum Gasteiger partial charge on any atom is -0.484 e. The molecule has 1 aliphatic rings. The van der Waals surface area contributed by atoms with E-state index in [0.29, 0.717) is 29.0 Å². The molecule has 1 aromatic rings. The largest absolute Gasteiger partial charge is 0.484 e. The van der Waals surface area contributed by atoms with Gasteiger partial charge in [-0.05, 0) is 44.0 Å². The third-order valence-electron chi connectivity index (χ3n) is 3.56. The van der Waals surface area contributed by atoms with Crippen LogP contribution in [0.5, 0.6) is 5.75 Å². The first-order chi connectivity index (χ1) is 11.5. The summed E-state index contributed by atoms with van der Waals surface area (Å²) in [7, 11) is 1.55. The third kappa shape index (κ3) is 4.55. The van der Waals surface area contributed by atoms with Crippen molar-refractivity contribution in [3.63, 3.8) is 0 Å². The highest BCUT2D eigenvalue weighted by atomic mass is 16.5. The van der Waals surface area contributed by atoms with Crippen molar-refractivity contribution in [3.8, 4) is 5.75 Å². The normalized spacial score (nSPS) is 13.4. The number of Topliss-reactive ketones (excluding diaryl/α,β-unsaturated/α-hetero) is 1. The number of hydrogen-bond donors (Lipinski definition) is 2. The van der Waals surface area contributed by atoms with Crippen LogP contribution in [-0.4, -0.2) is 31.3 Å². The van der Waals surface area contributed by atoms with Gasteiger partial charge in [-0.2, -0.15) is 0 Å². The van der Waals surface area contributed by atoms with Gasteiger partial charge in [0.15, 0.2) is 12.4 Å². The van der Waals surface area contributed by atoms with Crippen molar-refractivity contribution in [2.75, 3.05) is 13.7 Å². The number of ketones is 1. The SMILES string of the molecule is CNC(=O)C1=C(NC(=O)COc2ccc(C(C)=O)cc2)CCC=C1. The maximum Gasteiger partial charge on any atom is 0.262 e. The zero-order valence-corrected chi connectivity index (χ0v) is 13.7. The Morgan fingerprint density at radius 1 is 1.17 bits per heavy atom. The number of allylic oxidation sites excluding steroid dienone is 2. The molecular formula is C18H20N2O4. The molecule has 0 atom stereocenters. The Kier molecular flexibility index (Phi) is 5.89. The average molecular weight is 328 g/mol. The Morgan fingerprint density at radius 3 is 2.50 bits per heavy atom. The van der Waals surface area contributed by atoms with Crippen LogP contribution in [0.15, 0.2) is 47.7 Å². The number of carbonyl (C=O) groups excluding carboxylic acids is 3. The lowest BCUT2D eigenvalue weighted by molar-refractivity contribution is -0.122. The van der Waals surface area contributed by atoms with E-state index in [-0.39, 0.29) is 24.2 Å². The minimum absolute atomic E-state index is 0.0293. The molecule has 6 nitrogen and oxygen atoms in total. The molecule has 1 aliphatic carbocycles. The van der Waals surface area contributed by atoms with Gasteiger partial charge in [0, 0.05) is 18.3 Å². The zero-order chi connectivity index (χ0) is 17.5. The standard InChI is InChI=1S/C18H20N2O4/c1-12(21)13-7-9-14(10-8-13)24-11-17(22)20-16-6-4-3-5-15(16)18(23)19-2/h3,5,7-10H,4,6,11H2,1-2H3,(H,19,23)(H,20,22). The van der Waals surface area contributed by atoms with Gasteiger partial charge in [0.25, 0.3) is 11.8 Å². The van der Waals surface area contributed by atoms with Gasteiger partial charge in [-0.15, -0.1) is 0 Å². The van der Waals surface area contributed by atoms with E-state index < -0.39 is 0 Å². The summed E-state index contributed by atoms with van der Waals surface area (Å²) in [4.78, 5) is 35.0. The van der Waals surface area contributed by atoms with Crippen LogP contribution >= 0.6 is 0 Å². The molecular weight excluding hydrogens is 308 g/mol. The van der Waals surface area contributed by atoms with Gasteiger partial charge in [-0.1, -0.05) is 12.2 Å². The summed E-state index contributed by atoms with van der Waals surface area (Å²) in [5.74, 6) is -0.100. The Morgan fingerprint density at radius 2 is 1.88 bits per heavy atom. The van der Waals surface area contributed by atoms with Crippen LogP contribution in [-0.2, 0) is 9.59 Å². The summed E-state index contributed by atoms with van der Waals surface area (Å²) in [6.45, 7) is 1.31. The van der Waals surface area contributed by atoms with Gasteiger partial charge < -0.3 is 15.4 Å². The van der Waals surface area contributed by atoms with E-state index in [2.05, 4.69) is 10.6 Å². The second-order valence-corrected chi connectivity index (χ2v) is 5.33. The molecule has 0 aliphatic heterocycles. The number of amides is 2. The number of benzene rings is 1. The second kappa shape index (κ2) is 8.10. The van der Waals surface area contributed by atoms with E-state index in [4.69, 9.17) is 4.74 Å². The number of carbonyl (C=O) groups is 3. The number of ether oxygens (including phenoxy) is 1. The monoisotopic (exact) mass is 328 g/mol. The summed E-state index contributed by atoms with van der Waals surface area (Å²) in [5, 5.41) is 5.29. The van der Waals surface area contributed by atoms with Crippen molar-refractivity contribution < 1.29 is 19.1 Å². The number of hydrogen-bond acceptors (Lipinski definition) is 4. The van der Waals surface area contributed by atoms with Gasteiger partial charge >= 0.3 is 0 Å². The maximum atomic E-state index is 12.0. The molecule has 0 heterocycles. The van der Waals surface area contributed by atoms with Crippen molar-refractivity contribution in [1.29, 1.82) is 0 Å². The molecule has 2 amide bonds. The summed E-state index contributed by atoms with van der Waals surface area (Å²) >= 11 is 0. The Balaban J connectivity index is 1.95. The van der Waals surface area contributed by atoms with Crippen LogP contribution in [0.25, 0.3) is 0 Å². The van der Waals surface area contributed by atoms with Gasteiger partial charge in [-0.25, -0.2) is 0 Å². The number of nitrogens with one attached hydrogen (secondary N) is 2. The molecule has 126 valence electrons. The van der Waals surface area contributed by atoms with E-state index in [1.807, 2.05) is 6.08 Å². The van der Waals surface area contributed by atoms with Crippen LogP contribution in [0.3, 0.4) is 0 Å². The molecule has 0 unspecified atom stereocenters. The molecule has 24 heavy (non-hydrogen) atoms. The molecule has 2 N–H and O–H groups in total. The minimum atomic E-state index is -0.336. The van der Waals surface area contributed by atoms with E-state index in [0.717, 1.165) is 6.42 Å². The van der Waals surface area contributed by atoms with Gasteiger partial charge in [0.05, 0.1) is 5.57 Å². The average Bonchev–Trinajstić information content (AvgIpc) is 2.60. The maximum absolute atomic E-state index is 12.0. The first-order valence-electron chi connectivity index (χ1n) is 7.66. The van der Waals surface area contributed by atoms with Crippen LogP contribution in [0.1, 0.15) is 30.1 Å². The van der Waals surface area contributed by atoms with Crippen LogP contribution in [0, 0.1) is 0 Å². The molecule has 0 saturated carbocycles. The van der Waals surface area contributed by atoms with Crippen molar-refractivity contribution in [3.05, 3.63) is 53.3 Å². The van der Waals surface area contributed by atoms with E-state index >= 15 is 0 Å². The predicted molar refractivity (Wildman–Crippen MR) is 89.6 cm³/mol. The Bertz CT molecular complexity index is 702.